The average Bonchev–Trinajstić information content (AvgIpc) is 3.03. The summed E-state index contributed by atoms with van der Waals surface area (Å²) in [4.78, 5) is 18.7. The van der Waals surface area contributed by atoms with Crippen molar-refractivity contribution in [2.75, 3.05) is 12.8 Å². The lowest BCUT2D eigenvalue weighted by Crippen LogP contribution is -2.32. The molecular weight excluding hydrogens is 342 g/mol. The van der Waals surface area contributed by atoms with E-state index in [0.29, 0.717) is 5.03 Å². The number of pyridine rings is 1. The molecule has 0 aliphatic carbocycles. The van der Waals surface area contributed by atoms with Gasteiger partial charge in [0.2, 0.25) is 5.91 Å². The van der Waals surface area contributed by atoms with Crippen LogP contribution in [0.1, 0.15) is 18.0 Å². The molecule has 1 aromatic carbocycles. The predicted molar refractivity (Wildman–Crippen MR) is 96.9 cm³/mol. The lowest BCUT2D eigenvalue weighted by Gasteiger charge is -2.22. The van der Waals surface area contributed by atoms with Crippen molar-refractivity contribution in [1.82, 2.24) is 9.88 Å². The van der Waals surface area contributed by atoms with Crippen LogP contribution in [0.15, 0.2) is 53.7 Å². The smallest absolute Gasteiger partial charge is 0.251 e. The Balaban J connectivity index is 1.67. The molecule has 7 heteroatoms. The topological polar surface area (TPSA) is 60.1 Å². The molecule has 0 aliphatic heterocycles. The van der Waals surface area contributed by atoms with Crippen molar-refractivity contribution < 1.29 is 9.52 Å². The summed E-state index contributed by atoms with van der Waals surface area (Å²) in [7, 11) is 1.77. The zero-order chi connectivity index (χ0) is 17.1. The first-order valence-electron chi connectivity index (χ1n) is 7.48. The van der Waals surface area contributed by atoms with Crippen LogP contribution in [-0.2, 0) is 4.79 Å². The first-order valence-corrected chi connectivity index (χ1v) is 9.28. The minimum Gasteiger partial charge on any atom is -0.618 e. The molecular formula is C17H17N3O2S2. The summed E-state index contributed by atoms with van der Waals surface area (Å²) in [5.74, 6) is 0.188. The van der Waals surface area contributed by atoms with Crippen molar-refractivity contribution in [3.8, 4) is 0 Å². The van der Waals surface area contributed by atoms with Crippen LogP contribution in [0.5, 0.6) is 0 Å². The van der Waals surface area contributed by atoms with Gasteiger partial charge in [-0.05, 0) is 36.9 Å². The highest BCUT2D eigenvalue weighted by atomic mass is 32.2. The molecule has 5 nitrogen and oxygen atoms in total. The molecule has 2 heterocycles. The fraction of sp³-hybridized carbons (Fsp3) is 0.235. The van der Waals surface area contributed by atoms with Crippen molar-refractivity contribution in [1.29, 1.82) is 0 Å². The van der Waals surface area contributed by atoms with Crippen molar-refractivity contribution in [3.63, 3.8) is 0 Å². The summed E-state index contributed by atoms with van der Waals surface area (Å²) >= 11 is 2.85. The first-order chi connectivity index (χ1) is 11.6. The van der Waals surface area contributed by atoms with E-state index in [2.05, 4.69) is 4.98 Å². The number of para-hydroxylation sites is 1. The Labute approximate surface area is 148 Å². The number of carbonyl (C=O) groups excluding carboxylic acids is 1. The van der Waals surface area contributed by atoms with Crippen molar-refractivity contribution in [2.45, 2.75) is 18.0 Å². The van der Waals surface area contributed by atoms with Gasteiger partial charge in [-0.3, -0.25) is 4.79 Å². The molecule has 1 amide bonds. The van der Waals surface area contributed by atoms with E-state index in [4.69, 9.17) is 0 Å². The second-order valence-corrected chi connectivity index (χ2v) is 7.41. The Morgan fingerprint density at radius 2 is 2.08 bits per heavy atom. The zero-order valence-corrected chi connectivity index (χ0v) is 15.0. The second kappa shape index (κ2) is 7.19. The summed E-state index contributed by atoms with van der Waals surface area (Å²) < 4.78 is 1.89. The molecule has 24 heavy (non-hydrogen) atoms. The van der Waals surface area contributed by atoms with Crippen LogP contribution in [0.25, 0.3) is 10.2 Å². The summed E-state index contributed by atoms with van der Waals surface area (Å²) in [5.41, 5.74) is 0.955. The van der Waals surface area contributed by atoms with Crippen LogP contribution in [-0.4, -0.2) is 28.6 Å². The lowest BCUT2D eigenvalue weighted by molar-refractivity contribution is -0.645. The third-order valence-electron chi connectivity index (χ3n) is 3.77. The van der Waals surface area contributed by atoms with Crippen molar-refractivity contribution in [3.05, 3.63) is 58.9 Å². The molecule has 0 spiro atoms. The number of amides is 1. The maximum absolute atomic E-state index is 12.4. The van der Waals surface area contributed by atoms with Crippen LogP contribution in [0.2, 0.25) is 0 Å². The van der Waals surface area contributed by atoms with Crippen LogP contribution in [0.3, 0.4) is 0 Å². The van der Waals surface area contributed by atoms with Gasteiger partial charge in [0.25, 0.3) is 5.03 Å². The normalized spacial score (nSPS) is 12.2. The molecule has 0 radical (unpaired) electrons. The van der Waals surface area contributed by atoms with Gasteiger partial charge in [-0.2, -0.15) is 4.73 Å². The van der Waals surface area contributed by atoms with Crippen LogP contribution in [0.4, 0.5) is 0 Å². The number of carbonyl (C=O) groups is 1. The second-order valence-electron chi connectivity index (χ2n) is 5.35. The number of thioether (sulfide) groups is 1. The highest BCUT2D eigenvalue weighted by Gasteiger charge is 2.21. The molecule has 0 aliphatic rings. The Hall–Kier alpha value is -2.12. The SMILES string of the molecule is C[C@H](c1nc2ccccc2s1)N(C)C(=O)CSc1cccc[n+]1[O-]. The molecule has 0 fully saturated rings. The maximum Gasteiger partial charge on any atom is 0.251 e. The Morgan fingerprint density at radius 3 is 2.83 bits per heavy atom. The fourth-order valence-corrected chi connectivity index (χ4v) is 4.11. The Bertz CT molecular complexity index is 833. The molecule has 0 saturated carbocycles. The summed E-state index contributed by atoms with van der Waals surface area (Å²) in [6, 6.07) is 13.0. The Morgan fingerprint density at radius 1 is 1.33 bits per heavy atom. The van der Waals surface area contributed by atoms with Gasteiger partial charge in [-0.15, -0.1) is 11.3 Å². The standard InChI is InChI=1S/C17H17N3O2S2/c1-12(17-18-13-7-3-4-8-14(13)24-17)19(2)15(21)11-23-16-9-5-6-10-20(16)22/h3-10,12H,11H2,1-2H3/t12-/m1/s1. The molecule has 2 aromatic heterocycles. The van der Waals surface area contributed by atoms with Gasteiger partial charge < -0.3 is 10.1 Å². The van der Waals surface area contributed by atoms with Gasteiger partial charge in [0.05, 0.1) is 22.0 Å². The van der Waals surface area contributed by atoms with Crippen molar-refractivity contribution in [2.24, 2.45) is 0 Å². The third-order valence-corrected chi connectivity index (χ3v) is 5.98. The van der Waals surface area contributed by atoms with Crippen LogP contribution >= 0.6 is 23.1 Å². The molecule has 1 atom stereocenters. The third kappa shape index (κ3) is 3.52. The van der Waals surface area contributed by atoms with Gasteiger partial charge in [-0.1, -0.05) is 12.1 Å². The average molecular weight is 359 g/mol. The van der Waals surface area contributed by atoms with E-state index >= 15 is 0 Å². The molecule has 3 aromatic rings. The van der Waals surface area contributed by atoms with E-state index in [1.165, 1.54) is 18.0 Å². The number of benzene rings is 1. The number of hydrogen-bond acceptors (Lipinski definition) is 5. The van der Waals surface area contributed by atoms with Crippen LogP contribution < -0.4 is 4.73 Å². The van der Waals surface area contributed by atoms with E-state index < -0.39 is 0 Å². The van der Waals surface area contributed by atoms with Gasteiger partial charge in [0.15, 0.2) is 6.20 Å². The molecule has 3 rings (SSSR count). The minimum atomic E-state index is -0.106. The lowest BCUT2D eigenvalue weighted by atomic mass is 10.3. The summed E-state index contributed by atoms with van der Waals surface area (Å²) in [5, 5.41) is 13.1. The van der Waals surface area contributed by atoms with Crippen LogP contribution in [0, 0.1) is 5.21 Å². The number of hydrogen-bond donors (Lipinski definition) is 0. The molecule has 0 bridgehead atoms. The first kappa shape index (κ1) is 16.7. The molecule has 0 saturated heterocycles. The number of rotatable bonds is 5. The summed E-state index contributed by atoms with van der Waals surface area (Å²) in [6.07, 6.45) is 1.43. The maximum atomic E-state index is 12.4. The van der Waals surface area contributed by atoms with Gasteiger partial charge >= 0.3 is 0 Å². The van der Waals surface area contributed by atoms with Gasteiger partial charge in [-0.25, -0.2) is 4.98 Å². The number of fused-ring (bicyclic) bond motifs is 1. The monoisotopic (exact) mass is 359 g/mol. The highest BCUT2D eigenvalue weighted by Crippen LogP contribution is 2.29. The van der Waals surface area contributed by atoms with E-state index in [1.54, 1.807) is 41.5 Å². The van der Waals surface area contributed by atoms with Gasteiger partial charge in [0.1, 0.15) is 5.01 Å². The van der Waals surface area contributed by atoms with E-state index in [0.717, 1.165) is 20.0 Å². The van der Waals surface area contributed by atoms with E-state index in [9.17, 15) is 10.0 Å². The zero-order valence-electron chi connectivity index (χ0n) is 13.4. The minimum absolute atomic E-state index is 0.0318. The quantitative estimate of drug-likeness (QED) is 0.399. The predicted octanol–water partition coefficient (Wildman–Crippen LogP) is 3.24. The molecule has 0 unspecified atom stereocenters. The number of aromatic nitrogens is 2. The number of nitrogens with zero attached hydrogens (tertiary/aromatic N) is 3. The van der Waals surface area contributed by atoms with E-state index in [-0.39, 0.29) is 17.7 Å². The largest absolute Gasteiger partial charge is 0.618 e. The van der Waals surface area contributed by atoms with Gasteiger partial charge in [0, 0.05) is 19.2 Å². The summed E-state index contributed by atoms with van der Waals surface area (Å²) in [6.45, 7) is 1.97. The molecule has 124 valence electrons. The number of thiazole rings is 1. The van der Waals surface area contributed by atoms with E-state index in [1.807, 2.05) is 31.2 Å². The fourth-order valence-electron chi connectivity index (χ4n) is 2.21. The molecule has 0 N–H and O–H groups in total. The highest BCUT2D eigenvalue weighted by molar-refractivity contribution is 7.99. The Kier molecular flexibility index (Phi) is 5.01. The van der Waals surface area contributed by atoms with Crippen molar-refractivity contribution >= 4 is 39.2 Å².